The predicted octanol–water partition coefficient (Wildman–Crippen LogP) is 8.52. The molecule has 4 heterocycles. The van der Waals surface area contributed by atoms with Gasteiger partial charge in [-0.1, -0.05) is 0 Å². The van der Waals surface area contributed by atoms with Crippen molar-refractivity contribution in [1.82, 2.24) is 28.4 Å². The second-order valence-corrected chi connectivity index (χ2v) is 21.7. The number of rotatable bonds is 18. The van der Waals surface area contributed by atoms with Crippen molar-refractivity contribution < 1.29 is 40.5 Å². The van der Waals surface area contributed by atoms with Gasteiger partial charge in [0, 0.05) is 77.5 Å². The van der Waals surface area contributed by atoms with Gasteiger partial charge in [0.15, 0.2) is 9.54 Å². The quantitative estimate of drug-likeness (QED) is 0.0482. The number of aromatic nitrogens is 4. The van der Waals surface area contributed by atoms with Crippen molar-refractivity contribution in [2.45, 2.75) is 174 Å². The standard InChI is InChI=1S/C22H33N4O4PS.C21H33N4O4PS.2CH4O/c1-13(2)26(14(3)4)31(28-8-7-23-6)30-22-10-16-9-17(16)19(22)29-18(11-22)25-12-15(5)20(27)24-21(25)32;1-14(2)25(15(3)4)30(27-11-10-22-6)29-21-9-7-8-17(21)28-18(12-21)24-13-16(5)19(26)23-20(24)31;2*1-2/h12-14,16-19H,7-11H2,1-5H3,(H,24,27,32);13-15,17-18H,7-12H2,1-5H3,(H,23,26,31);2*2H,1H3/t16-,17-,18+,19+,22-,31?;17-,18-,21+,30?;;/m01../s1/i17D;8D;2*2T/tm;8-,17+,18+,21-,30?;;/m00... The Kier molecular flexibility index (Phi) is 19.5. The van der Waals surface area contributed by atoms with E-state index in [2.05, 4.69) is 94.6 Å². The normalized spacial score (nSPS) is 30.6. The van der Waals surface area contributed by atoms with Gasteiger partial charge in [0.25, 0.3) is 28.2 Å². The van der Waals surface area contributed by atoms with Crippen molar-refractivity contribution in [1.29, 1.82) is 2.86 Å². The largest absolute Gasteiger partial charge is 0.400 e. The SMILES string of the molecule is [2H][C@H]1CC[C@]2(OP(OCC[N+]#[C-])N(C(C)C)C(C)C)C[C@H](n3cc(C)c(=O)[nH]c3=S)O[C@H]12.[2H][C@]12C[C@H]1C[C@]1(OP(OCC[N+]#[C-])N(C(C)C)C(C)C)C[C@H](n3cc(C)c(=O)[nH]c3=S)O[C@@H]12.[3H]OC.[3H]OC. The fraction of sp³-hybridized carbons (Fsp3) is 0.778. The monoisotopic (exact) mass is 1020 g/mol. The van der Waals surface area contributed by atoms with E-state index in [-0.39, 0.29) is 54.3 Å². The Bertz CT molecular complexity index is 2370. The maximum atomic E-state index is 12.0. The lowest BCUT2D eigenvalue weighted by Crippen LogP contribution is -2.42. The fourth-order valence-corrected chi connectivity index (χ4v) is 13.5. The van der Waals surface area contributed by atoms with Crippen LogP contribution in [0, 0.1) is 48.3 Å². The van der Waals surface area contributed by atoms with Gasteiger partial charge < -0.3 is 47.5 Å². The number of nitrogens with one attached hydrogen (secondary N) is 2. The Labute approximate surface area is 415 Å². The molecule has 0 bridgehead atoms. The Balaban J connectivity index is 0.000000278. The molecule has 3 saturated carbocycles. The molecule has 5 aliphatic rings. The third-order valence-corrected chi connectivity index (χ3v) is 17.2. The van der Waals surface area contributed by atoms with Crippen LogP contribution in [0.1, 0.15) is 127 Å². The summed E-state index contributed by atoms with van der Waals surface area (Å²) in [5.74, 6) is -0.410. The summed E-state index contributed by atoms with van der Waals surface area (Å²) < 4.78 is 76.3. The van der Waals surface area contributed by atoms with Gasteiger partial charge in [0.2, 0.25) is 16.0 Å². The van der Waals surface area contributed by atoms with Crippen molar-refractivity contribution in [2.75, 3.05) is 40.5 Å². The molecule has 376 valence electrons. The van der Waals surface area contributed by atoms with Gasteiger partial charge in [-0.25, -0.2) is 22.5 Å². The van der Waals surface area contributed by atoms with Crippen LogP contribution in [0.3, 0.4) is 0 Å². The molecule has 2 aliphatic heterocycles. The molecule has 2 aromatic rings. The molecule has 2 saturated heterocycles. The Morgan fingerprint density at radius 3 is 1.73 bits per heavy atom. The molecule has 0 radical (unpaired) electrons. The van der Waals surface area contributed by atoms with E-state index in [1.54, 1.807) is 35.4 Å². The molecule has 5 fully saturated rings. The molecule has 3 aliphatic carbocycles. The summed E-state index contributed by atoms with van der Waals surface area (Å²) in [7, 11) is -0.337. The van der Waals surface area contributed by atoms with Crippen LogP contribution in [-0.2, 0) is 27.6 Å². The zero-order valence-corrected chi connectivity index (χ0v) is 44.4. The number of H-pyrrole nitrogens is 2. The molecule has 2 unspecified atom stereocenters. The van der Waals surface area contributed by atoms with Crippen molar-refractivity contribution in [3.05, 3.63) is 76.6 Å². The number of hydrogen-bond donors (Lipinski definition) is 4. The van der Waals surface area contributed by atoms with E-state index in [1.807, 2.05) is 0 Å². The smallest absolute Gasteiger partial charge is 0.260 e. The van der Waals surface area contributed by atoms with E-state index in [1.165, 1.54) is 14.2 Å². The number of aliphatic hydroxyl groups is 2. The van der Waals surface area contributed by atoms with E-state index in [9.17, 15) is 9.59 Å². The molecule has 18 nitrogen and oxygen atoms in total. The number of hydrogen-bond acceptors (Lipinski definition) is 14. The van der Waals surface area contributed by atoms with E-state index in [4.69, 9.17) is 70.8 Å². The molecule has 2 aromatic heterocycles. The first kappa shape index (κ1) is 51.0. The van der Waals surface area contributed by atoms with Crippen molar-refractivity contribution in [2.24, 2.45) is 11.8 Å². The maximum Gasteiger partial charge on any atom is 0.260 e. The zero-order valence-electron chi connectivity index (χ0n) is 45.0. The van der Waals surface area contributed by atoms with Gasteiger partial charge in [0.1, 0.15) is 36.9 Å². The summed E-state index contributed by atoms with van der Waals surface area (Å²) in [5, 5.41) is 7.00. The highest BCUT2D eigenvalue weighted by Gasteiger charge is 2.68. The first-order valence-electron chi connectivity index (χ1n) is 24.7. The number of fused-ring (bicyclic) bond motifs is 4. The van der Waals surface area contributed by atoms with E-state index in [0.29, 0.717) is 59.6 Å². The minimum atomic E-state index is -1.46. The van der Waals surface area contributed by atoms with Gasteiger partial charge in [0.05, 0.1) is 12.2 Å². The number of nitrogens with zero attached hydrogens (tertiary/aromatic N) is 6. The first-order chi connectivity index (χ1) is 33.4. The molecule has 22 heteroatoms. The zero-order chi connectivity index (χ0) is 53.2. The van der Waals surface area contributed by atoms with Crippen LogP contribution >= 0.6 is 41.5 Å². The molecule has 67 heavy (non-hydrogen) atoms. The molecular weight excluding hydrogens is 939 g/mol. The molecule has 0 aromatic carbocycles. The van der Waals surface area contributed by atoms with Gasteiger partial charge in [-0.05, 0) is 138 Å². The molecule has 4 N–H and O–H groups in total. The maximum absolute atomic E-state index is 12.0. The highest BCUT2D eigenvalue weighted by molar-refractivity contribution is 7.71. The lowest BCUT2D eigenvalue weighted by molar-refractivity contribution is -0.0496. The van der Waals surface area contributed by atoms with E-state index in [0.717, 1.165) is 12.8 Å². The summed E-state index contributed by atoms with van der Waals surface area (Å²) in [6.07, 6.45) is 5.32. The van der Waals surface area contributed by atoms with E-state index < -0.39 is 65.2 Å². The molecular formula is C45H74N8O10P2S2. The number of aliphatic hydroxyl groups excluding tert-OH is 2. The van der Waals surface area contributed by atoms with Crippen LogP contribution in [0.5, 0.6) is 0 Å². The fourth-order valence-electron chi connectivity index (χ4n) is 9.31. The predicted molar refractivity (Wildman–Crippen MR) is 265 cm³/mol. The summed E-state index contributed by atoms with van der Waals surface area (Å²) in [4.78, 5) is 36.1. The van der Waals surface area contributed by atoms with Crippen LogP contribution in [0.4, 0.5) is 0 Å². The number of aryl methyl sites for hydroxylation is 2. The summed E-state index contributed by atoms with van der Waals surface area (Å²) in [6, 6.07) is 0.748. The molecule has 7 rings (SSSR count). The van der Waals surface area contributed by atoms with Crippen molar-refractivity contribution >= 4 is 41.5 Å². The average Bonchev–Trinajstić information content (AvgIpc) is 3.57. The Hall–Kier alpha value is -2.36. The van der Waals surface area contributed by atoms with Gasteiger partial charge >= 0.3 is 0 Å². The van der Waals surface area contributed by atoms with Crippen LogP contribution < -0.4 is 11.1 Å². The third-order valence-electron chi connectivity index (χ3n) is 12.1. The highest BCUT2D eigenvalue weighted by atomic mass is 32.1. The van der Waals surface area contributed by atoms with Crippen LogP contribution in [0.25, 0.3) is 9.69 Å². The number of ether oxygens (including phenoxy) is 2. The minimum absolute atomic E-state index is 0.186. The molecule has 11 atom stereocenters. The lowest BCUT2D eigenvalue weighted by atomic mass is 9.93. The van der Waals surface area contributed by atoms with Crippen LogP contribution in [0.15, 0.2) is 22.0 Å². The van der Waals surface area contributed by atoms with Gasteiger partial charge in [-0.15, -0.1) is 0 Å². The first-order valence-corrected chi connectivity index (χ1v) is 25.9. The third kappa shape index (κ3) is 13.5. The van der Waals surface area contributed by atoms with Gasteiger partial charge in [-0.2, -0.15) is 0 Å². The molecule has 0 spiro atoms. The summed E-state index contributed by atoms with van der Waals surface area (Å²) in [6.45, 7) is 35.7. The van der Waals surface area contributed by atoms with Crippen LogP contribution in [0.2, 0.25) is 0 Å². The van der Waals surface area contributed by atoms with Crippen LogP contribution in [-0.4, -0.2) is 130 Å². The number of aromatic amines is 2. The molecule has 0 amide bonds. The van der Waals surface area contributed by atoms with Gasteiger partial charge in [-0.3, -0.25) is 28.7 Å². The Morgan fingerprint density at radius 2 is 1.28 bits per heavy atom. The minimum Gasteiger partial charge on any atom is -0.400 e. The highest BCUT2D eigenvalue weighted by Crippen LogP contribution is 2.67. The topological polar surface area (TPSA) is 187 Å². The second kappa shape index (κ2) is 25.7. The summed E-state index contributed by atoms with van der Waals surface area (Å²) >= 11 is 10.8. The van der Waals surface area contributed by atoms with Crippen molar-refractivity contribution in [3.8, 4) is 0 Å². The van der Waals surface area contributed by atoms with E-state index >= 15 is 0 Å². The average molecular weight is 1020 g/mol. The van der Waals surface area contributed by atoms with Crippen molar-refractivity contribution in [3.63, 3.8) is 0 Å². The lowest BCUT2D eigenvalue weighted by Gasteiger charge is -2.41. The summed E-state index contributed by atoms with van der Waals surface area (Å²) in [5.41, 5.74) is -0.662. The Morgan fingerprint density at radius 1 is 0.851 bits per heavy atom. The second-order valence-electron chi connectivity index (χ2n) is 18.2.